The third kappa shape index (κ3) is 2.49. The lowest BCUT2D eigenvalue weighted by Crippen LogP contribution is -2.17. The molecule has 2 nitrogen and oxygen atoms in total. The minimum atomic E-state index is 0.413. The Kier molecular flexibility index (Phi) is 3.87. The van der Waals surface area contributed by atoms with E-state index in [4.69, 9.17) is 0 Å². The summed E-state index contributed by atoms with van der Waals surface area (Å²) >= 11 is 0. The summed E-state index contributed by atoms with van der Waals surface area (Å²) in [4.78, 5) is 0. The zero-order valence-electron chi connectivity index (χ0n) is 11.7. The molecular formula is C16H22N2. The lowest BCUT2D eigenvalue weighted by Gasteiger charge is -2.14. The smallest absolute Gasteiger partial charge is 0.0455 e. The summed E-state index contributed by atoms with van der Waals surface area (Å²) in [5.41, 5.74) is 5.13. The Hall–Kier alpha value is -1.54. The molecule has 96 valence electrons. The average Bonchev–Trinajstić information content (AvgIpc) is 2.70. The molecule has 1 aromatic heterocycles. The first-order valence-corrected chi connectivity index (χ1v) is 6.62. The predicted molar refractivity (Wildman–Crippen MR) is 77.3 cm³/mol. The van der Waals surface area contributed by atoms with Crippen LogP contribution in [-0.2, 0) is 0 Å². The number of benzene rings is 1. The number of hydrogen-bond acceptors (Lipinski definition) is 1. The summed E-state index contributed by atoms with van der Waals surface area (Å²) in [6.07, 6.45) is 0. The molecule has 0 aliphatic carbocycles. The second-order valence-corrected chi connectivity index (χ2v) is 4.82. The van der Waals surface area contributed by atoms with Crippen LogP contribution in [-0.4, -0.2) is 11.1 Å². The molecule has 0 fully saturated rings. The van der Waals surface area contributed by atoms with E-state index in [2.05, 4.69) is 74.0 Å². The topological polar surface area (TPSA) is 17.0 Å². The lowest BCUT2D eigenvalue weighted by molar-refractivity contribution is 0.598. The molecule has 0 aliphatic rings. The van der Waals surface area contributed by atoms with Crippen molar-refractivity contribution in [1.29, 1.82) is 0 Å². The third-order valence-corrected chi connectivity index (χ3v) is 3.43. The van der Waals surface area contributed by atoms with E-state index in [1.54, 1.807) is 0 Å². The monoisotopic (exact) mass is 242 g/mol. The van der Waals surface area contributed by atoms with Gasteiger partial charge in [-0.1, -0.05) is 19.1 Å². The highest BCUT2D eigenvalue weighted by atomic mass is 15.0. The molecule has 0 aliphatic heterocycles. The van der Waals surface area contributed by atoms with Crippen molar-refractivity contribution in [3.05, 3.63) is 53.3 Å². The van der Waals surface area contributed by atoms with Gasteiger partial charge in [-0.2, -0.15) is 0 Å². The normalized spacial score (nSPS) is 12.7. The summed E-state index contributed by atoms with van der Waals surface area (Å²) < 4.78 is 2.28. The quantitative estimate of drug-likeness (QED) is 0.863. The van der Waals surface area contributed by atoms with E-state index >= 15 is 0 Å². The molecule has 0 saturated carbocycles. The minimum absolute atomic E-state index is 0.413. The van der Waals surface area contributed by atoms with Crippen molar-refractivity contribution in [2.75, 3.05) is 6.54 Å². The van der Waals surface area contributed by atoms with Crippen LogP contribution in [0, 0.1) is 13.8 Å². The van der Waals surface area contributed by atoms with Gasteiger partial charge in [0.2, 0.25) is 0 Å². The van der Waals surface area contributed by atoms with Crippen LogP contribution >= 0.6 is 0 Å². The number of nitrogens with one attached hydrogen (secondary N) is 1. The van der Waals surface area contributed by atoms with Crippen LogP contribution < -0.4 is 5.32 Å². The maximum absolute atomic E-state index is 3.43. The van der Waals surface area contributed by atoms with Crippen LogP contribution in [0.25, 0.3) is 5.69 Å². The van der Waals surface area contributed by atoms with Crippen molar-refractivity contribution in [1.82, 2.24) is 9.88 Å². The molecule has 0 amide bonds. The summed E-state index contributed by atoms with van der Waals surface area (Å²) in [5, 5.41) is 3.43. The van der Waals surface area contributed by atoms with E-state index in [0.717, 1.165) is 6.54 Å². The maximum Gasteiger partial charge on any atom is 0.0455 e. The minimum Gasteiger partial charge on any atom is -0.319 e. The zero-order chi connectivity index (χ0) is 13.1. The van der Waals surface area contributed by atoms with Gasteiger partial charge in [0.25, 0.3) is 0 Å². The fourth-order valence-corrected chi connectivity index (χ4v) is 2.41. The fourth-order valence-electron chi connectivity index (χ4n) is 2.41. The molecular weight excluding hydrogens is 220 g/mol. The van der Waals surface area contributed by atoms with Gasteiger partial charge in [0.05, 0.1) is 0 Å². The molecule has 1 unspecified atom stereocenters. The number of aromatic nitrogens is 1. The summed E-state index contributed by atoms with van der Waals surface area (Å²) in [7, 11) is 0. The molecule has 2 rings (SSSR count). The molecule has 1 aromatic carbocycles. The van der Waals surface area contributed by atoms with Crippen molar-refractivity contribution in [2.45, 2.75) is 33.7 Å². The highest BCUT2D eigenvalue weighted by molar-refractivity contribution is 5.40. The van der Waals surface area contributed by atoms with Gasteiger partial charge < -0.3 is 9.88 Å². The molecule has 18 heavy (non-hydrogen) atoms. The first-order valence-electron chi connectivity index (χ1n) is 6.62. The molecule has 2 aromatic rings. The van der Waals surface area contributed by atoms with Crippen LogP contribution in [0.15, 0.2) is 36.4 Å². The fraction of sp³-hybridized carbons (Fsp3) is 0.375. The number of rotatable bonds is 4. The van der Waals surface area contributed by atoms with Crippen molar-refractivity contribution < 1.29 is 0 Å². The van der Waals surface area contributed by atoms with Crippen LogP contribution in [0.2, 0.25) is 0 Å². The Morgan fingerprint density at radius 3 is 2.06 bits per heavy atom. The zero-order valence-corrected chi connectivity index (χ0v) is 11.7. The van der Waals surface area contributed by atoms with Crippen molar-refractivity contribution in [3.8, 4) is 5.69 Å². The molecule has 0 spiro atoms. The maximum atomic E-state index is 3.43. The van der Waals surface area contributed by atoms with E-state index in [0.29, 0.717) is 6.04 Å². The van der Waals surface area contributed by atoms with E-state index in [1.807, 2.05) is 0 Å². The molecule has 0 bridgehead atoms. The number of aryl methyl sites for hydroxylation is 2. The van der Waals surface area contributed by atoms with Gasteiger partial charge in [-0.15, -0.1) is 0 Å². The highest BCUT2D eigenvalue weighted by Gasteiger charge is 2.06. The van der Waals surface area contributed by atoms with Gasteiger partial charge in [0.15, 0.2) is 0 Å². The van der Waals surface area contributed by atoms with E-state index in [9.17, 15) is 0 Å². The Bertz CT molecular complexity index is 489. The summed E-state index contributed by atoms with van der Waals surface area (Å²) in [6, 6.07) is 13.5. The largest absolute Gasteiger partial charge is 0.319 e. The van der Waals surface area contributed by atoms with E-state index < -0.39 is 0 Å². The van der Waals surface area contributed by atoms with Crippen LogP contribution in [0.1, 0.15) is 36.8 Å². The summed E-state index contributed by atoms with van der Waals surface area (Å²) in [5.74, 6) is 0. The predicted octanol–water partition coefficient (Wildman–Crippen LogP) is 3.76. The van der Waals surface area contributed by atoms with Crippen molar-refractivity contribution in [3.63, 3.8) is 0 Å². The van der Waals surface area contributed by atoms with Gasteiger partial charge >= 0.3 is 0 Å². The van der Waals surface area contributed by atoms with Gasteiger partial charge in [0.1, 0.15) is 0 Å². The Labute approximate surface area is 110 Å². The lowest BCUT2D eigenvalue weighted by atomic mass is 10.1. The summed E-state index contributed by atoms with van der Waals surface area (Å²) in [6.45, 7) is 9.62. The van der Waals surface area contributed by atoms with Crippen molar-refractivity contribution >= 4 is 0 Å². The average molecular weight is 242 g/mol. The number of nitrogens with zero attached hydrogens (tertiary/aromatic N) is 1. The van der Waals surface area contributed by atoms with Crippen LogP contribution in [0.5, 0.6) is 0 Å². The first kappa shape index (κ1) is 12.9. The first-order chi connectivity index (χ1) is 8.63. The van der Waals surface area contributed by atoms with Crippen molar-refractivity contribution in [2.24, 2.45) is 0 Å². The second-order valence-electron chi connectivity index (χ2n) is 4.82. The Morgan fingerprint density at radius 1 is 1.00 bits per heavy atom. The Balaban J connectivity index is 2.28. The van der Waals surface area contributed by atoms with Gasteiger partial charge in [0, 0.05) is 23.1 Å². The highest BCUT2D eigenvalue weighted by Crippen LogP contribution is 2.19. The molecule has 1 heterocycles. The molecule has 1 N–H and O–H groups in total. The van der Waals surface area contributed by atoms with Crippen LogP contribution in [0.4, 0.5) is 0 Å². The van der Waals surface area contributed by atoms with E-state index in [-0.39, 0.29) is 0 Å². The molecule has 0 radical (unpaired) electrons. The standard InChI is InChI=1S/C16H22N2/c1-5-17-14(4)15-8-10-16(11-9-15)18-12(2)6-7-13(18)3/h6-11,14,17H,5H2,1-4H3. The van der Waals surface area contributed by atoms with Gasteiger partial charge in [-0.05, 0) is 57.1 Å². The number of hydrogen-bond donors (Lipinski definition) is 1. The second kappa shape index (κ2) is 5.40. The van der Waals surface area contributed by atoms with Gasteiger partial charge in [-0.25, -0.2) is 0 Å². The third-order valence-electron chi connectivity index (χ3n) is 3.43. The molecule has 2 heteroatoms. The van der Waals surface area contributed by atoms with Crippen LogP contribution in [0.3, 0.4) is 0 Å². The molecule has 0 saturated heterocycles. The molecule has 1 atom stereocenters. The van der Waals surface area contributed by atoms with E-state index in [1.165, 1.54) is 22.6 Å². The SMILES string of the molecule is CCNC(C)c1ccc(-n2c(C)ccc2C)cc1. The van der Waals surface area contributed by atoms with Gasteiger partial charge in [-0.3, -0.25) is 0 Å². The Morgan fingerprint density at radius 2 is 1.56 bits per heavy atom.